The molecular formula is C10H10ClN5. The van der Waals surface area contributed by atoms with Gasteiger partial charge in [0.1, 0.15) is 5.15 Å². The summed E-state index contributed by atoms with van der Waals surface area (Å²) < 4.78 is 2.01. The average molecular weight is 236 g/mol. The predicted molar refractivity (Wildman–Crippen MR) is 60.9 cm³/mol. The van der Waals surface area contributed by atoms with Crippen LogP contribution in [0.4, 0.5) is 11.6 Å². The van der Waals surface area contributed by atoms with Crippen molar-refractivity contribution in [2.24, 2.45) is 0 Å². The van der Waals surface area contributed by atoms with Crippen LogP contribution in [-0.2, 0) is 13.0 Å². The zero-order valence-corrected chi connectivity index (χ0v) is 9.28. The maximum atomic E-state index is 5.79. The van der Waals surface area contributed by atoms with Crippen LogP contribution < -0.4 is 5.32 Å². The molecule has 0 saturated carbocycles. The van der Waals surface area contributed by atoms with Gasteiger partial charge in [-0.1, -0.05) is 11.6 Å². The van der Waals surface area contributed by atoms with E-state index in [4.69, 9.17) is 11.6 Å². The first-order chi connectivity index (χ1) is 7.83. The van der Waals surface area contributed by atoms with Crippen molar-refractivity contribution in [1.29, 1.82) is 0 Å². The fourth-order valence-corrected chi connectivity index (χ4v) is 2.02. The Bertz CT molecular complexity index is 522. The van der Waals surface area contributed by atoms with Gasteiger partial charge in [-0.25, -0.2) is 9.97 Å². The van der Waals surface area contributed by atoms with Gasteiger partial charge in [-0.3, -0.25) is 4.68 Å². The second-order valence-electron chi connectivity index (χ2n) is 3.66. The minimum absolute atomic E-state index is 0.432. The van der Waals surface area contributed by atoms with Crippen LogP contribution in [-0.4, -0.2) is 19.7 Å². The van der Waals surface area contributed by atoms with Crippen LogP contribution in [0.25, 0.3) is 0 Å². The molecule has 0 unspecified atom stereocenters. The summed E-state index contributed by atoms with van der Waals surface area (Å²) in [5.74, 6) is 0.509. The lowest BCUT2D eigenvalue weighted by Gasteiger charge is -2.03. The van der Waals surface area contributed by atoms with Gasteiger partial charge in [-0.15, -0.1) is 0 Å². The molecule has 16 heavy (non-hydrogen) atoms. The van der Waals surface area contributed by atoms with Crippen LogP contribution in [0.3, 0.4) is 0 Å². The van der Waals surface area contributed by atoms with Crippen molar-refractivity contribution in [3.63, 3.8) is 0 Å². The standard InChI is InChI=1S/C10H10ClN5/c11-9-3-4-12-10(15-9)14-7-6-13-16-5-1-2-8(7)16/h3-4,6H,1-2,5H2,(H,12,14,15). The molecule has 0 fully saturated rings. The topological polar surface area (TPSA) is 55.6 Å². The summed E-state index contributed by atoms with van der Waals surface area (Å²) in [6.45, 7) is 0.993. The van der Waals surface area contributed by atoms with Crippen molar-refractivity contribution in [3.05, 3.63) is 29.3 Å². The molecule has 82 valence electrons. The Labute approximate surface area is 97.5 Å². The van der Waals surface area contributed by atoms with Gasteiger partial charge in [-0.05, 0) is 18.9 Å². The lowest BCUT2D eigenvalue weighted by molar-refractivity contribution is 0.656. The number of hydrogen-bond acceptors (Lipinski definition) is 4. The highest BCUT2D eigenvalue weighted by Gasteiger charge is 2.16. The van der Waals surface area contributed by atoms with Gasteiger partial charge in [0.15, 0.2) is 0 Å². The highest BCUT2D eigenvalue weighted by molar-refractivity contribution is 6.29. The second kappa shape index (κ2) is 3.75. The van der Waals surface area contributed by atoms with E-state index in [0.29, 0.717) is 11.1 Å². The molecule has 0 atom stereocenters. The molecule has 1 aliphatic rings. The first kappa shape index (κ1) is 9.59. The van der Waals surface area contributed by atoms with E-state index >= 15 is 0 Å². The van der Waals surface area contributed by atoms with Gasteiger partial charge in [0.25, 0.3) is 0 Å². The first-order valence-corrected chi connectivity index (χ1v) is 5.51. The number of halogens is 1. The molecule has 1 N–H and O–H groups in total. The number of rotatable bonds is 2. The molecule has 3 rings (SSSR count). The third-order valence-electron chi connectivity index (χ3n) is 2.60. The zero-order chi connectivity index (χ0) is 11.0. The van der Waals surface area contributed by atoms with E-state index in [1.807, 2.05) is 4.68 Å². The zero-order valence-electron chi connectivity index (χ0n) is 8.52. The Kier molecular flexibility index (Phi) is 2.25. The van der Waals surface area contributed by atoms with Gasteiger partial charge in [0, 0.05) is 12.7 Å². The molecule has 0 saturated heterocycles. The Balaban J connectivity index is 1.89. The molecule has 0 radical (unpaired) electrons. The summed E-state index contributed by atoms with van der Waals surface area (Å²) in [6, 6.07) is 1.65. The van der Waals surface area contributed by atoms with E-state index in [1.165, 1.54) is 5.69 Å². The minimum atomic E-state index is 0.432. The van der Waals surface area contributed by atoms with E-state index in [9.17, 15) is 0 Å². The van der Waals surface area contributed by atoms with E-state index in [-0.39, 0.29) is 0 Å². The predicted octanol–water partition coefficient (Wildman–Crippen LogP) is 2.02. The van der Waals surface area contributed by atoms with Gasteiger partial charge in [0.2, 0.25) is 5.95 Å². The molecule has 5 nitrogen and oxygen atoms in total. The number of hydrogen-bond donors (Lipinski definition) is 1. The van der Waals surface area contributed by atoms with Crippen molar-refractivity contribution in [3.8, 4) is 0 Å². The third kappa shape index (κ3) is 1.63. The number of nitrogens with one attached hydrogen (secondary N) is 1. The van der Waals surface area contributed by atoms with E-state index in [2.05, 4.69) is 20.4 Å². The molecule has 0 aromatic carbocycles. The fraction of sp³-hybridized carbons (Fsp3) is 0.300. The van der Waals surface area contributed by atoms with Crippen molar-refractivity contribution in [2.45, 2.75) is 19.4 Å². The molecule has 2 aromatic heterocycles. The number of nitrogens with zero attached hydrogens (tertiary/aromatic N) is 4. The molecule has 0 spiro atoms. The van der Waals surface area contributed by atoms with Crippen molar-refractivity contribution >= 4 is 23.2 Å². The Morgan fingerprint density at radius 2 is 2.38 bits per heavy atom. The van der Waals surface area contributed by atoms with E-state index in [1.54, 1.807) is 18.5 Å². The van der Waals surface area contributed by atoms with Crippen LogP contribution in [0.5, 0.6) is 0 Å². The SMILES string of the molecule is Clc1ccnc(Nc2cnn3c2CCC3)n1. The summed E-state index contributed by atoms with van der Waals surface area (Å²) in [4.78, 5) is 8.18. The summed E-state index contributed by atoms with van der Waals surface area (Å²) in [6.07, 6.45) is 5.62. The molecule has 1 aliphatic heterocycles. The molecule has 6 heteroatoms. The summed E-state index contributed by atoms with van der Waals surface area (Å²) >= 11 is 5.79. The molecule has 0 aliphatic carbocycles. The first-order valence-electron chi connectivity index (χ1n) is 5.13. The highest BCUT2D eigenvalue weighted by Crippen LogP contribution is 2.24. The van der Waals surface area contributed by atoms with Crippen LogP contribution in [0.1, 0.15) is 12.1 Å². The second-order valence-corrected chi connectivity index (χ2v) is 4.05. The number of aromatic nitrogens is 4. The highest BCUT2D eigenvalue weighted by atomic mass is 35.5. The molecule has 0 bridgehead atoms. The maximum Gasteiger partial charge on any atom is 0.228 e. The van der Waals surface area contributed by atoms with Gasteiger partial charge in [-0.2, -0.15) is 5.10 Å². The number of fused-ring (bicyclic) bond motifs is 1. The van der Waals surface area contributed by atoms with Crippen LogP contribution in [0.15, 0.2) is 18.5 Å². The van der Waals surface area contributed by atoms with Crippen molar-refractivity contribution in [2.75, 3.05) is 5.32 Å². The maximum absolute atomic E-state index is 5.79. The Morgan fingerprint density at radius 3 is 3.25 bits per heavy atom. The average Bonchev–Trinajstić information content (AvgIpc) is 2.83. The fourth-order valence-electron chi connectivity index (χ4n) is 1.89. The normalized spacial score (nSPS) is 13.8. The molecule has 3 heterocycles. The summed E-state index contributed by atoms with van der Waals surface area (Å²) in [5.41, 5.74) is 2.18. The van der Waals surface area contributed by atoms with E-state index < -0.39 is 0 Å². The van der Waals surface area contributed by atoms with Crippen LogP contribution >= 0.6 is 11.6 Å². The summed E-state index contributed by atoms with van der Waals surface area (Å²) in [5, 5.41) is 7.85. The van der Waals surface area contributed by atoms with Crippen LogP contribution in [0, 0.1) is 0 Å². The monoisotopic (exact) mass is 235 g/mol. The van der Waals surface area contributed by atoms with Crippen LogP contribution in [0.2, 0.25) is 5.15 Å². The van der Waals surface area contributed by atoms with Gasteiger partial charge in [0.05, 0.1) is 17.6 Å². The van der Waals surface area contributed by atoms with Gasteiger partial charge >= 0.3 is 0 Å². The Hall–Kier alpha value is -1.62. The lowest BCUT2D eigenvalue weighted by Crippen LogP contribution is -1.98. The number of anilines is 2. The minimum Gasteiger partial charge on any atom is -0.321 e. The summed E-state index contributed by atoms with van der Waals surface area (Å²) in [7, 11) is 0. The number of aryl methyl sites for hydroxylation is 1. The smallest absolute Gasteiger partial charge is 0.228 e. The molecular weight excluding hydrogens is 226 g/mol. The quantitative estimate of drug-likeness (QED) is 0.810. The van der Waals surface area contributed by atoms with E-state index in [0.717, 1.165) is 25.1 Å². The van der Waals surface area contributed by atoms with Gasteiger partial charge < -0.3 is 5.32 Å². The third-order valence-corrected chi connectivity index (χ3v) is 2.81. The van der Waals surface area contributed by atoms with Crippen molar-refractivity contribution < 1.29 is 0 Å². The lowest BCUT2D eigenvalue weighted by atomic mass is 10.2. The molecule has 2 aromatic rings. The molecule has 0 amide bonds. The Morgan fingerprint density at radius 1 is 1.44 bits per heavy atom. The van der Waals surface area contributed by atoms with Crippen molar-refractivity contribution in [1.82, 2.24) is 19.7 Å². The largest absolute Gasteiger partial charge is 0.321 e.